The van der Waals surface area contributed by atoms with Crippen LogP contribution in [0, 0.1) is 19.8 Å². The Morgan fingerprint density at radius 2 is 1.91 bits per heavy atom. The van der Waals surface area contributed by atoms with Crippen molar-refractivity contribution in [3.05, 3.63) is 53.5 Å². The molecule has 1 aliphatic rings. The van der Waals surface area contributed by atoms with Gasteiger partial charge in [0.2, 0.25) is 0 Å². The lowest BCUT2D eigenvalue weighted by Gasteiger charge is -2.30. The minimum absolute atomic E-state index is 0.00664. The number of anilines is 1. The first-order valence-corrected chi connectivity index (χ1v) is 11.2. The van der Waals surface area contributed by atoms with Gasteiger partial charge in [0, 0.05) is 31.7 Å². The van der Waals surface area contributed by atoms with Gasteiger partial charge < -0.3 is 19.0 Å². The van der Waals surface area contributed by atoms with Gasteiger partial charge >= 0.3 is 0 Å². The molecule has 0 bridgehead atoms. The number of amides is 1. The van der Waals surface area contributed by atoms with Crippen LogP contribution in [0.2, 0.25) is 0 Å². The molecule has 2 atom stereocenters. The molecule has 1 unspecified atom stereocenters. The van der Waals surface area contributed by atoms with E-state index in [9.17, 15) is 4.79 Å². The first kappa shape index (κ1) is 21.9. The van der Waals surface area contributed by atoms with Crippen molar-refractivity contribution in [3.8, 4) is 11.4 Å². The van der Waals surface area contributed by atoms with E-state index in [0.29, 0.717) is 30.9 Å². The van der Waals surface area contributed by atoms with Crippen LogP contribution in [0.4, 0.5) is 5.88 Å². The number of nitrogens with zero attached hydrogens (tertiary/aromatic N) is 5. The fourth-order valence-electron chi connectivity index (χ4n) is 4.21. The highest BCUT2D eigenvalue weighted by atomic mass is 16.5. The van der Waals surface area contributed by atoms with Gasteiger partial charge in [0.05, 0.1) is 30.3 Å². The van der Waals surface area contributed by atoms with Gasteiger partial charge in [-0.15, -0.1) is 0 Å². The van der Waals surface area contributed by atoms with Gasteiger partial charge in [0.25, 0.3) is 5.91 Å². The van der Waals surface area contributed by atoms with E-state index in [2.05, 4.69) is 28.9 Å². The summed E-state index contributed by atoms with van der Waals surface area (Å²) in [5.74, 6) is 2.58. The highest BCUT2D eigenvalue weighted by Crippen LogP contribution is 2.31. The van der Waals surface area contributed by atoms with Crippen LogP contribution in [0.1, 0.15) is 42.5 Å². The summed E-state index contributed by atoms with van der Waals surface area (Å²) in [6.45, 7) is 12.8. The van der Waals surface area contributed by atoms with Gasteiger partial charge in [-0.2, -0.15) is 15.0 Å². The van der Waals surface area contributed by atoms with Gasteiger partial charge in [-0.25, -0.2) is 0 Å². The molecule has 0 saturated carbocycles. The van der Waals surface area contributed by atoms with Gasteiger partial charge in [-0.1, -0.05) is 18.6 Å². The van der Waals surface area contributed by atoms with Crippen molar-refractivity contribution in [2.45, 2.75) is 40.7 Å². The molecule has 4 rings (SSSR count). The Morgan fingerprint density at radius 3 is 2.62 bits per heavy atom. The van der Waals surface area contributed by atoms with Crippen molar-refractivity contribution in [1.82, 2.24) is 19.9 Å². The van der Waals surface area contributed by atoms with Crippen LogP contribution in [0.15, 0.2) is 41.1 Å². The van der Waals surface area contributed by atoms with Gasteiger partial charge in [-0.05, 0) is 45.7 Å². The average molecular weight is 438 g/mol. The van der Waals surface area contributed by atoms with E-state index >= 15 is 0 Å². The zero-order valence-corrected chi connectivity index (χ0v) is 19.4. The third-order valence-electron chi connectivity index (χ3n) is 6.18. The molecule has 8 nitrogen and oxygen atoms in total. The molecule has 8 heteroatoms. The molecule has 32 heavy (non-hydrogen) atoms. The molecular formula is C24H31N5O3. The third-order valence-corrected chi connectivity index (χ3v) is 6.18. The molecule has 2 aromatic heterocycles. The minimum Gasteiger partial charge on any atom is -0.490 e. The van der Waals surface area contributed by atoms with Crippen LogP contribution < -0.4 is 9.64 Å². The Bertz CT molecular complexity index is 1080. The number of hydrogen-bond acceptors (Lipinski definition) is 6. The SMILES string of the molecule is CCOc1cc(N2CCN(C(=O)c3cc(C)ccc3-n3nccn3)[C@@H](C)C(C)C2)oc1C. The van der Waals surface area contributed by atoms with Crippen molar-refractivity contribution in [1.29, 1.82) is 0 Å². The molecule has 0 aliphatic carbocycles. The first-order valence-electron chi connectivity index (χ1n) is 11.2. The zero-order valence-electron chi connectivity index (χ0n) is 19.4. The van der Waals surface area contributed by atoms with E-state index in [4.69, 9.17) is 9.15 Å². The second-order valence-electron chi connectivity index (χ2n) is 8.44. The van der Waals surface area contributed by atoms with Crippen molar-refractivity contribution < 1.29 is 13.9 Å². The third kappa shape index (κ3) is 4.22. The Labute approximate surface area is 188 Å². The van der Waals surface area contributed by atoms with Crippen LogP contribution in [0.25, 0.3) is 5.69 Å². The number of aryl methyl sites for hydroxylation is 2. The van der Waals surface area contributed by atoms with E-state index in [1.165, 1.54) is 4.80 Å². The zero-order chi connectivity index (χ0) is 22.8. The molecular weight excluding hydrogens is 406 g/mol. The second-order valence-corrected chi connectivity index (χ2v) is 8.44. The molecule has 1 aromatic carbocycles. The monoisotopic (exact) mass is 437 g/mol. The minimum atomic E-state index is -0.00664. The Morgan fingerprint density at radius 1 is 1.16 bits per heavy atom. The Balaban J connectivity index is 1.61. The number of furan rings is 1. The van der Waals surface area contributed by atoms with Gasteiger partial charge in [-0.3, -0.25) is 4.79 Å². The summed E-state index contributed by atoms with van der Waals surface area (Å²) in [6.07, 6.45) is 3.23. The number of benzene rings is 1. The summed E-state index contributed by atoms with van der Waals surface area (Å²) in [5, 5.41) is 8.47. The summed E-state index contributed by atoms with van der Waals surface area (Å²) in [5.41, 5.74) is 2.33. The average Bonchev–Trinajstić information content (AvgIpc) is 3.40. The standard InChI is InChI=1S/C24H31N5O3/c1-6-31-22-14-23(32-19(22)5)27-11-12-28(18(4)17(3)15-27)24(30)20-13-16(2)7-8-21(20)29-25-9-10-26-29/h7-10,13-14,17-18H,6,11-12,15H2,1-5H3/t17?,18-/m0/s1. The molecule has 0 N–H and O–H groups in total. The molecule has 1 aliphatic heterocycles. The topological polar surface area (TPSA) is 76.6 Å². The quantitative estimate of drug-likeness (QED) is 0.603. The van der Waals surface area contributed by atoms with Crippen molar-refractivity contribution in [2.24, 2.45) is 5.92 Å². The van der Waals surface area contributed by atoms with Gasteiger partial charge in [0.15, 0.2) is 11.6 Å². The second kappa shape index (κ2) is 9.06. The molecule has 1 fully saturated rings. The number of carbonyl (C=O) groups excluding carboxylic acids is 1. The molecule has 1 amide bonds. The summed E-state index contributed by atoms with van der Waals surface area (Å²) in [6, 6.07) is 7.82. The number of ether oxygens (including phenoxy) is 1. The van der Waals surface area contributed by atoms with Crippen LogP contribution in [-0.2, 0) is 0 Å². The molecule has 0 spiro atoms. The largest absolute Gasteiger partial charge is 0.490 e. The van der Waals surface area contributed by atoms with E-state index in [1.54, 1.807) is 12.4 Å². The van der Waals surface area contributed by atoms with E-state index < -0.39 is 0 Å². The fourth-order valence-corrected chi connectivity index (χ4v) is 4.21. The highest BCUT2D eigenvalue weighted by Gasteiger charge is 2.33. The maximum atomic E-state index is 13.8. The number of aromatic nitrogens is 3. The van der Waals surface area contributed by atoms with Crippen molar-refractivity contribution >= 4 is 11.8 Å². The number of rotatable bonds is 5. The summed E-state index contributed by atoms with van der Waals surface area (Å²) < 4.78 is 11.7. The number of hydrogen-bond donors (Lipinski definition) is 0. The predicted molar refractivity (Wildman–Crippen MR) is 123 cm³/mol. The molecule has 3 heterocycles. The lowest BCUT2D eigenvalue weighted by atomic mass is 10.0. The van der Waals surface area contributed by atoms with E-state index in [0.717, 1.165) is 29.5 Å². The maximum absolute atomic E-state index is 13.8. The van der Waals surface area contributed by atoms with E-state index in [-0.39, 0.29) is 17.9 Å². The van der Waals surface area contributed by atoms with Crippen LogP contribution in [-0.4, -0.2) is 58.1 Å². The van der Waals surface area contributed by atoms with Crippen LogP contribution in [0.3, 0.4) is 0 Å². The van der Waals surface area contributed by atoms with E-state index in [1.807, 2.05) is 49.9 Å². The van der Waals surface area contributed by atoms with Gasteiger partial charge in [0.1, 0.15) is 5.76 Å². The molecule has 170 valence electrons. The smallest absolute Gasteiger partial charge is 0.256 e. The molecule has 0 radical (unpaired) electrons. The van der Waals surface area contributed by atoms with Crippen molar-refractivity contribution in [2.75, 3.05) is 31.1 Å². The van der Waals surface area contributed by atoms with Crippen molar-refractivity contribution in [3.63, 3.8) is 0 Å². The summed E-state index contributed by atoms with van der Waals surface area (Å²) in [7, 11) is 0. The summed E-state index contributed by atoms with van der Waals surface area (Å²) in [4.78, 5) is 19.4. The molecule has 3 aromatic rings. The Hall–Kier alpha value is -3.29. The van der Waals surface area contributed by atoms with Crippen LogP contribution >= 0.6 is 0 Å². The van der Waals surface area contributed by atoms with Crippen LogP contribution in [0.5, 0.6) is 5.75 Å². The first-order chi connectivity index (χ1) is 15.4. The predicted octanol–water partition coefficient (Wildman–Crippen LogP) is 3.86. The highest BCUT2D eigenvalue weighted by molar-refractivity contribution is 5.98. The lowest BCUT2D eigenvalue weighted by molar-refractivity contribution is 0.0670. The lowest BCUT2D eigenvalue weighted by Crippen LogP contribution is -2.42. The summed E-state index contributed by atoms with van der Waals surface area (Å²) >= 11 is 0. The normalized spacial score (nSPS) is 19.2. The Kier molecular flexibility index (Phi) is 6.21. The maximum Gasteiger partial charge on any atom is 0.256 e. The molecule has 1 saturated heterocycles. The number of carbonyl (C=O) groups is 1. The fraction of sp³-hybridized carbons (Fsp3) is 0.458.